The number of likely N-dealkylation sites (tertiary alicyclic amines) is 1. The largest absolute Gasteiger partial charge is 0.342 e. The molecule has 31 heavy (non-hydrogen) atoms. The Morgan fingerprint density at radius 2 is 1.90 bits per heavy atom. The number of likely N-dealkylation sites (N-methyl/N-ethyl adjacent to an activating group) is 1. The lowest BCUT2D eigenvalue weighted by atomic mass is 10.1. The molecule has 1 fully saturated rings. The molecule has 4 heterocycles. The molecule has 1 saturated heterocycles. The molecular weight excluding hydrogens is 428 g/mol. The van der Waals surface area contributed by atoms with E-state index in [4.69, 9.17) is 4.98 Å². The van der Waals surface area contributed by atoms with Crippen LogP contribution in [0.15, 0.2) is 40.3 Å². The smallest absolute Gasteiger partial charge is 0.267 e. The van der Waals surface area contributed by atoms with Crippen LogP contribution < -0.4 is 5.56 Å². The van der Waals surface area contributed by atoms with E-state index in [0.29, 0.717) is 10.9 Å². The van der Waals surface area contributed by atoms with Crippen molar-refractivity contribution in [1.29, 1.82) is 0 Å². The van der Waals surface area contributed by atoms with E-state index in [-0.39, 0.29) is 11.5 Å². The first kappa shape index (κ1) is 20.7. The Balaban J connectivity index is 1.56. The van der Waals surface area contributed by atoms with Crippen LogP contribution in [-0.4, -0.2) is 57.7 Å². The molecule has 162 valence electrons. The minimum Gasteiger partial charge on any atom is -0.342 e. The van der Waals surface area contributed by atoms with Crippen LogP contribution in [0, 0.1) is 0 Å². The predicted molar refractivity (Wildman–Crippen MR) is 126 cm³/mol. The van der Waals surface area contributed by atoms with Crippen molar-refractivity contribution in [3.63, 3.8) is 0 Å². The molecular formula is C23H26N4O2S2. The Morgan fingerprint density at radius 1 is 1.13 bits per heavy atom. The van der Waals surface area contributed by atoms with Gasteiger partial charge in [0.25, 0.3) is 5.56 Å². The number of fused-ring (bicyclic) bond motifs is 3. The third-order valence-electron chi connectivity index (χ3n) is 6.08. The van der Waals surface area contributed by atoms with Crippen LogP contribution in [-0.2, 0) is 17.8 Å². The molecule has 1 aromatic carbocycles. The Morgan fingerprint density at radius 3 is 2.68 bits per heavy atom. The van der Waals surface area contributed by atoms with E-state index >= 15 is 0 Å². The summed E-state index contributed by atoms with van der Waals surface area (Å²) < 4.78 is 1.70. The fourth-order valence-electron chi connectivity index (χ4n) is 4.41. The highest BCUT2D eigenvalue weighted by Gasteiger charge is 2.25. The van der Waals surface area contributed by atoms with Gasteiger partial charge in [0.2, 0.25) is 5.91 Å². The lowest BCUT2D eigenvalue weighted by Crippen LogP contribution is -2.36. The monoisotopic (exact) mass is 454 g/mol. The number of nitrogens with zero attached hydrogens (tertiary/aromatic N) is 4. The second kappa shape index (κ2) is 8.76. The van der Waals surface area contributed by atoms with Crippen molar-refractivity contribution in [2.75, 3.05) is 32.4 Å². The fourth-order valence-corrected chi connectivity index (χ4v) is 6.67. The third kappa shape index (κ3) is 4.04. The van der Waals surface area contributed by atoms with Crippen molar-refractivity contribution >= 4 is 39.2 Å². The summed E-state index contributed by atoms with van der Waals surface area (Å²) in [5.41, 5.74) is 1.93. The Bertz CT molecular complexity index is 1170. The van der Waals surface area contributed by atoms with Gasteiger partial charge in [-0.15, -0.1) is 11.3 Å². The highest BCUT2D eigenvalue weighted by atomic mass is 32.2. The number of thiophene rings is 1. The number of piperidine rings is 1. The van der Waals surface area contributed by atoms with Crippen molar-refractivity contribution in [3.8, 4) is 5.69 Å². The number of amides is 1. The Labute approximate surface area is 189 Å². The molecule has 0 aliphatic carbocycles. The van der Waals surface area contributed by atoms with E-state index in [9.17, 15) is 9.59 Å². The molecule has 2 aromatic heterocycles. The van der Waals surface area contributed by atoms with E-state index in [0.717, 1.165) is 66.9 Å². The predicted octanol–water partition coefficient (Wildman–Crippen LogP) is 3.54. The van der Waals surface area contributed by atoms with Crippen molar-refractivity contribution in [2.45, 2.75) is 37.4 Å². The molecule has 8 heteroatoms. The molecule has 0 radical (unpaired) electrons. The average Bonchev–Trinajstić information content (AvgIpc) is 3.16. The van der Waals surface area contributed by atoms with Gasteiger partial charge in [0.1, 0.15) is 4.83 Å². The number of rotatable bonds is 4. The molecule has 0 spiro atoms. The quantitative estimate of drug-likeness (QED) is 0.446. The number of carbonyl (C=O) groups excluding carboxylic acids is 1. The van der Waals surface area contributed by atoms with E-state index < -0.39 is 0 Å². The van der Waals surface area contributed by atoms with Crippen LogP contribution >= 0.6 is 23.1 Å². The average molecular weight is 455 g/mol. The zero-order chi connectivity index (χ0) is 21.4. The summed E-state index contributed by atoms with van der Waals surface area (Å²) >= 11 is 3.00. The van der Waals surface area contributed by atoms with Gasteiger partial charge in [-0.25, -0.2) is 4.98 Å². The molecule has 3 aromatic rings. The summed E-state index contributed by atoms with van der Waals surface area (Å²) in [4.78, 5) is 37.6. The second-order valence-corrected chi connectivity index (χ2v) is 10.3. The molecule has 0 unspecified atom stereocenters. The van der Waals surface area contributed by atoms with Gasteiger partial charge in [-0.2, -0.15) is 0 Å². The first-order valence-electron chi connectivity index (χ1n) is 10.8. The normalized spacial score (nSPS) is 17.1. The van der Waals surface area contributed by atoms with E-state index in [1.807, 2.05) is 35.2 Å². The molecule has 0 atom stereocenters. The number of aromatic nitrogens is 2. The zero-order valence-corrected chi connectivity index (χ0v) is 19.3. The minimum absolute atomic E-state index is 0.0221. The van der Waals surface area contributed by atoms with Gasteiger partial charge in [-0.3, -0.25) is 14.2 Å². The standard InChI is InChI=1S/C23H26N4O2S2/c1-25-13-10-17-18(14-25)31-21-20(17)22(29)27(16-8-4-2-5-9-16)23(24-21)30-15-19(28)26-11-6-3-7-12-26/h2,4-5,8-9H,3,6-7,10-15H2,1H3. The molecule has 6 nitrogen and oxygen atoms in total. The molecule has 0 saturated carbocycles. The Kier molecular flexibility index (Phi) is 5.86. The topological polar surface area (TPSA) is 58.4 Å². The van der Waals surface area contributed by atoms with E-state index in [1.165, 1.54) is 23.1 Å². The summed E-state index contributed by atoms with van der Waals surface area (Å²) in [6.45, 7) is 3.48. The molecule has 1 amide bonds. The number of benzene rings is 1. The summed E-state index contributed by atoms with van der Waals surface area (Å²) in [5.74, 6) is 0.435. The van der Waals surface area contributed by atoms with Crippen molar-refractivity contribution in [2.24, 2.45) is 0 Å². The van der Waals surface area contributed by atoms with Gasteiger partial charge in [0.15, 0.2) is 5.16 Å². The van der Waals surface area contributed by atoms with Crippen molar-refractivity contribution in [3.05, 3.63) is 51.1 Å². The number of carbonyl (C=O) groups is 1. The highest BCUT2D eigenvalue weighted by Crippen LogP contribution is 2.34. The summed E-state index contributed by atoms with van der Waals surface area (Å²) in [7, 11) is 2.11. The van der Waals surface area contributed by atoms with Gasteiger partial charge in [0.05, 0.1) is 16.8 Å². The first-order chi connectivity index (χ1) is 15.1. The van der Waals surface area contributed by atoms with Gasteiger partial charge in [-0.1, -0.05) is 30.0 Å². The zero-order valence-electron chi connectivity index (χ0n) is 17.7. The number of hydrogen-bond donors (Lipinski definition) is 0. The first-order valence-corrected chi connectivity index (χ1v) is 12.6. The van der Waals surface area contributed by atoms with Crippen LogP contribution in [0.5, 0.6) is 0 Å². The molecule has 0 bridgehead atoms. The molecule has 0 N–H and O–H groups in total. The summed E-state index contributed by atoms with van der Waals surface area (Å²) in [5, 5.41) is 1.35. The van der Waals surface area contributed by atoms with Gasteiger partial charge in [0, 0.05) is 31.1 Å². The maximum atomic E-state index is 13.7. The van der Waals surface area contributed by atoms with Gasteiger partial charge in [-0.05, 0) is 50.4 Å². The van der Waals surface area contributed by atoms with Crippen LogP contribution in [0.1, 0.15) is 29.7 Å². The van der Waals surface area contributed by atoms with Crippen LogP contribution in [0.4, 0.5) is 0 Å². The van der Waals surface area contributed by atoms with E-state index in [2.05, 4.69) is 11.9 Å². The van der Waals surface area contributed by atoms with Crippen LogP contribution in [0.2, 0.25) is 0 Å². The maximum absolute atomic E-state index is 13.7. The lowest BCUT2D eigenvalue weighted by Gasteiger charge is -2.26. The number of para-hydroxylation sites is 1. The maximum Gasteiger partial charge on any atom is 0.267 e. The van der Waals surface area contributed by atoms with Crippen molar-refractivity contribution in [1.82, 2.24) is 19.4 Å². The lowest BCUT2D eigenvalue weighted by molar-refractivity contribution is -0.129. The number of thioether (sulfide) groups is 1. The van der Waals surface area contributed by atoms with Crippen LogP contribution in [0.3, 0.4) is 0 Å². The molecule has 2 aliphatic rings. The van der Waals surface area contributed by atoms with E-state index in [1.54, 1.807) is 15.9 Å². The van der Waals surface area contributed by atoms with Gasteiger partial charge < -0.3 is 9.80 Å². The highest BCUT2D eigenvalue weighted by molar-refractivity contribution is 7.99. The second-order valence-electron chi connectivity index (χ2n) is 8.27. The van der Waals surface area contributed by atoms with Crippen LogP contribution in [0.25, 0.3) is 15.9 Å². The summed E-state index contributed by atoms with van der Waals surface area (Å²) in [6, 6.07) is 9.65. The minimum atomic E-state index is -0.0221. The van der Waals surface area contributed by atoms with Gasteiger partial charge >= 0.3 is 0 Å². The third-order valence-corrected chi connectivity index (χ3v) is 8.12. The Hall–Kier alpha value is -2.16. The summed E-state index contributed by atoms with van der Waals surface area (Å²) in [6.07, 6.45) is 4.22. The molecule has 2 aliphatic heterocycles. The number of hydrogen-bond acceptors (Lipinski definition) is 6. The molecule has 5 rings (SSSR count). The van der Waals surface area contributed by atoms with Crippen molar-refractivity contribution < 1.29 is 4.79 Å². The fraction of sp³-hybridized carbons (Fsp3) is 0.435. The SMILES string of the molecule is CN1CCc2c(sc3nc(SCC(=O)N4CCCCC4)n(-c4ccccc4)c(=O)c23)C1.